The average Bonchev–Trinajstić information content (AvgIpc) is 2.99. The fraction of sp³-hybridized carbons (Fsp3) is 0.667. The molecule has 0 radical (unpaired) electrons. The maximum absolute atomic E-state index is 6.01. The Labute approximate surface area is 146 Å². The SMILES string of the molecule is CC(C)B1OCC(C)(CCC(C)(C)B2Oc3ccccc3O2)CO1. The molecule has 0 bridgehead atoms. The molecular formula is C18H28B2O4. The number of benzene rings is 1. The molecule has 0 saturated carbocycles. The number of fused-ring (bicyclic) bond motifs is 1. The predicted molar refractivity (Wildman–Crippen MR) is 97.6 cm³/mol. The lowest BCUT2D eigenvalue weighted by atomic mass is 9.56. The molecule has 130 valence electrons. The van der Waals surface area contributed by atoms with Crippen molar-refractivity contribution in [3.05, 3.63) is 24.3 Å². The van der Waals surface area contributed by atoms with Crippen molar-refractivity contribution in [2.24, 2.45) is 5.41 Å². The highest BCUT2D eigenvalue weighted by atomic mass is 16.6. The van der Waals surface area contributed by atoms with E-state index < -0.39 is 0 Å². The quantitative estimate of drug-likeness (QED) is 0.747. The van der Waals surface area contributed by atoms with E-state index in [1.165, 1.54) is 0 Å². The van der Waals surface area contributed by atoms with Crippen molar-refractivity contribution in [1.82, 2.24) is 0 Å². The van der Waals surface area contributed by atoms with Crippen LogP contribution < -0.4 is 9.31 Å². The molecular weight excluding hydrogens is 302 g/mol. The van der Waals surface area contributed by atoms with Crippen LogP contribution in [0.5, 0.6) is 11.5 Å². The van der Waals surface area contributed by atoms with E-state index in [4.69, 9.17) is 18.6 Å². The first kappa shape index (κ1) is 17.7. The van der Waals surface area contributed by atoms with E-state index in [9.17, 15) is 0 Å². The molecule has 2 aliphatic rings. The van der Waals surface area contributed by atoms with Gasteiger partial charge in [-0.25, -0.2) is 0 Å². The predicted octanol–water partition coefficient (Wildman–Crippen LogP) is 4.46. The summed E-state index contributed by atoms with van der Waals surface area (Å²) in [6.45, 7) is 12.4. The third-order valence-electron chi connectivity index (χ3n) is 5.06. The highest BCUT2D eigenvalue weighted by Gasteiger charge is 2.47. The van der Waals surface area contributed by atoms with Crippen molar-refractivity contribution < 1.29 is 18.6 Å². The monoisotopic (exact) mass is 330 g/mol. The van der Waals surface area contributed by atoms with Gasteiger partial charge in [0, 0.05) is 23.9 Å². The Kier molecular flexibility index (Phi) is 4.89. The van der Waals surface area contributed by atoms with Crippen LogP contribution in [0.3, 0.4) is 0 Å². The molecule has 1 aromatic rings. The molecule has 0 aromatic heterocycles. The van der Waals surface area contributed by atoms with Crippen LogP contribution in [0.2, 0.25) is 11.1 Å². The van der Waals surface area contributed by atoms with E-state index in [-0.39, 0.29) is 25.0 Å². The molecule has 24 heavy (non-hydrogen) atoms. The van der Waals surface area contributed by atoms with Crippen molar-refractivity contribution >= 4 is 14.2 Å². The highest BCUT2D eigenvalue weighted by Crippen LogP contribution is 2.45. The normalized spacial score (nSPS) is 19.9. The number of hydrogen-bond acceptors (Lipinski definition) is 4. The Morgan fingerprint density at radius 1 is 1.08 bits per heavy atom. The van der Waals surface area contributed by atoms with Gasteiger partial charge in [0.2, 0.25) is 0 Å². The first-order valence-corrected chi connectivity index (χ1v) is 8.95. The number of hydrogen-bond donors (Lipinski definition) is 0. The fourth-order valence-corrected chi connectivity index (χ4v) is 3.15. The van der Waals surface area contributed by atoms with Crippen molar-refractivity contribution in [3.8, 4) is 11.5 Å². The van der Waals surface area contributed by atoms with Crippen molar-refractivity contribution in [3.63, 3.8) is 0 Å². The second-order valence-corrected chi connectivity index (χ2v) is 8.55. The minimum absolute atomic E-state index is 0.0497. The molecule has 2 aliphatic heterocycles. The third kappa shape index (κ3) is 3.75. The molecule has 0 unspecified atom stereocenters. The van der Waals surface area contributed by atoms with Crippen molar-refractivity contribution in [1.29, 1.82) is 0 Å². The summed E-state index contributed by atoms with van der Waals surface area (Å²) in [7, 11) is -0.311. The lowest BCUT2D eigenvalue weighted by Gasteiger charge is -2.39. The lowest BCUT2D eigenvalue weighted by molar-refractivity contribution is 0.00524. The van der Waals surface area contributed by atoms with E-state index in [0.717, 1.165) is 37.6 Å². The van der Waals surface area contributed by atoms with Gasteiger partial charge in [0.1, 0.15) is 11.5 Å². The Balaban J connectivity index is 1.54. The van der Waals surface area contributed by atoms with Crippen LogP contribution >= 0.6 is 0 Å². The fourth-order valence-electron chi connectivity index (χ4n) is 3.15. The molecule has 1 fully saturated rings. The summed E-state index contributed by atoms with van der Waals surface area (Å²) in [6, 6.07) is 7.87. The second-order valence-electron chi connectivity index (χ2n) is 8.55. The number of para-hydroxylation sites is 2. The minimum atomic E-state index is -0.243. The van der Waals surface area contributed by atoms with Gasteiger partial charge < -0.3 is 18.6 Å². The summed E-state index contributed by atoms with van der Waals surface area (Å²) >= 11 is 0. The van der Waals surface area contributed by atoms with E-state index in [2.05, 4.69) is 34.6 Å². The maximum Gasteiger partial charge on any atom is 0.600 e. The van der Waals surface area contributed by atoms with Crippen LogP contribution in [0.4, 0.5) is 0 Å². The second kappa shape index (κ2) is 6.64. The molecule has 0 atom stereocenters. The first-order valence-electron chi connectivity index (χ1n) is 8.95. The summed E-state index contributed by atoms with van der Waals surface area (Å²) < 4.78 is 23.8. The van der Waals surface area contributed by atoms with E-state index in [1.807, 2.05) is 24.3 Å². The van der Waals surface area contributed by atoms with Gasteiger partial charge in [0.25, 0.3) is 0 Å². The molecule has 6 heteroatoms. The maximum atomic E-state index is 6.01. The van der Waals surface area contributed by atoms with Gasteiger partial charge in [-0.2, -0.15) is 0 Å². The third-order valence-corrected chi connectivity index (χ3v) is 5.06. The van der Waals surface area contributed by atoms with Crippen LogP contribution in [-0.2, 0) is 9.31 Å². The van der Waals surface area contributed by atoms with Crippen molar-refractivity contribution in [2.75, 3.05) is 13.2 Å². The summed E-state index contributed by atoms with van der Waals surface area (Å²) in [4.78, 5) is 0. The zero-order valence-electron chi connectivity index (χ0n) is 15.5. The summed E-state index contributed by atoms with van der Waals surface area (Å²) in [5.41, 5.74) is 0.0497. The van der Waals surface area contributed by atoms with Crippen molar-refractivity contribution in [2.45, 2.75) is 58.6 Å². The van der Waals surface area contributed by atoms with Crippen LogP contribution in [0, 0.1) is 5.41 Å². The lowest BCUT2D eigenvalue weighted by Crippen LogP contribution is -2.45. The smallest absolute Gasteiger partial charge is 0.523 e. The Morgan fingerprint density at radius 3 is 2.12 bits per heavy atom. The molecule has 0 N–H and O–H groups in total. The van der Waals surface area contributed by atoms with Gasteiger partial charge in [-0.05, 0) is 30.8 Å². The summed E-state index contributed by atoms with van der Waals surface area (Å²) in [5.74, 6) is 2.07. The summed E-state index contributed by atoms with van der Waals surface area (Å²) in [6.07, 6.45) is 2.01. The van der Waals surface area contributed by atoms with Crippen LogP contribution in [-0.4, -0.2) is 27.5 Å². The molecule has 1 aromatic carbocycles. The standard InChI is InChI=1S/C18H28B2O4/c1-14(2)19-21-12-18(5,13-22-19)11-10-17(3,4)20-23-15-8-6-7-9-16(15)24-20/h6-9,14H,10-13H2,1-5H3. The zero-order valence-corrected chi connectivity index (χ0v) is 15.5. The minimum Gasteiger partial charge on any atom is -0.523 e. The van der Waals surface area contributed by atoms with Gasteiger partial charge in [0.05, 0.1) is 0 Å². The number of rotatable bonds is 5. The van der Waals surface area contributed by atoms with Crippen LogP contribution in [0.15, 0.2) is 24.3 Å². The Morgan fingerprint density at radius 2 is 1.62 bits per heavy atom. The van der Waals surface area contributed by atoms with Gasteiger partial charge in [-0.1, -0.05) is 46.8 Å². The molecule has 0 aliphatic carbocycles. The van der Waals surface area contributed by atoms with Crippen LogP contribution in [0.25, 0.3) is 0 Å². The Bertz CT molecular complexity index is 543. The van der Waals surface area contributed by atoms with Gasteiger partial charge in [0.15, 0.2) is 0 Å². The molecule has 1 saturated heterocycles. The van der Waals surface area contributed by atoms with Gasteiger partial charge in [-0.15, -0.1) is 0 Å². The van der Waals surface area contributed by atoms with Gasteiger partial charge in [-0.3, -0.25) is 0 Å². The summed E-state index contributed by atoms with van der Waals surface area (Å²) in [5, 5.41) is -0.0864. The highest BCUT2D eigenvalue weighted by molar-refractivity contribution is 6.51. The molecule has 0 amide bonds. The van der Waals surface area contributed by atoms with Gasteiger partial charge >= 0.3 is 14.2 Å². The Hall–Kier alpha value is -1.13. The van der Waals surface area contributed by atoms with E-state index in [0.29, 0.717) is 5.82 Å². The topological polar surface area (TPSA) is 36.9 Å². The largest absolute Gasteiger partial charge is 0.600 e. The zero-order chi connectivity index (χ0) is 17.4. The van der Waals surface area contributed by atoms with E-state index in [1.54, 1.807) is 0 Å². The van der Waals surface area contributed by atoms with Crippen LogP contribution in [0.1, 0.15) is 47.5 Å². The molecule has 0 spiro atoms. The average molecular weight is 330 g/mol. The molecule has 2 heterocycles. The molecule has 4 nitrogen and oxygen atoms in total. The molecule has 3 rings (SSSR count). The van der Waals surface area contributed by atoms with E-state index >= 15 is 0 Å². The first-order chi connectivity index (χ1) is 11.3.